The monoisotopic (exact) mass is 331 g/mol. The molecule has 0 aliphatic carbocycles. The predicted molar refractivity (Wildman–Crippen MR) is 84.4 cm³/mol. The van der Waals surface area contributed by atoms with Gasteiger partial charge in [0.2, 0.25) is 18.0 Å². The summed E-state index contributed by atoms with van der Waals surface area (Å²) in [4.78, 5) is 23.6. The van der Waals surface area contributed by atoms with Crippen LogP contribution >= 0.6 is 0 Å². The number of carbonyl (C=O) groups excluding carboxylic acids is 2. The molecule has 1 aromatic heterocycles. The SMILES string of the molecule is COc1ccc(C(=O)C[n+]2cc(C=O)c(CNO)c(O)c2C)cc1. The molecule has 0 fully saturated rings. The van der Waals surface area contributed by atoms with Gasteiger partial charge >= 0.3 is 0 Å². The predicted octanol–water partition coefficient (Wildman–Crippen LogP) is 1.17. The maximum absolute atomic E-state index is 12.4. The van der Waals surface area contributed by atoms with Crippen molar-refractivity contribution in [3.63, 3.8) is 0 Å². The van der Waals surface area contributed by atoms with Crippen molar-refractivity contribution < 1.29 is 29.2 Å². The summed E-state index contributed by atoms with van der Waals surface area (Å²) in [7, 11) is 1.54. The number of aromatic nitrogens is 1. The Balaban J connectivity index is 2.33. The van der Waals surface area contributed by atoms with Crippen LogP contribution < -0.4 is 14.8 Å². The molecule has 0 spiro atoms. The number of ketones is 1. The number of hydroxylamine groups is 1. The Morgan fingerprint density at radius 2 is 2.00 bits per heavy atom. The highest BCUT2D eigenvalue weighted by Gasteiger charge is 2.23. The molecular formula is C17H19N2O5+. The normalized spacial score (nSPS) is 10.5. The number of pyridine rings is 1. The van der Waals surface area contributed by atoms with E-state index in [1.807, 2.05) is 5.48 Å². The second-order valence-corrected chi connectivity index (χ2v) is 5.23. The number of Topliss-reactive ketones (excluding diaryl/α,β-unsaturated/α-hetero) is 1. The average molecular weight is 331 g/mol. The van der Waals surface area contributed by atoms with Gasteiger partial charge in [-0.15, -0.1) is 0 Å². The smallest absolute Gasteiger partial charge is 0.227 e. The second kappa shape index (κ2) is 7.67. The van der Waals surface area contributed by atoms with Crippen molar-refractivity contribution in [3.05, 3.63) is 52.8 Å². The van der Waals surface area contributed by atoms with E-state index < -0.39 is 0 Å². The van der Waals surface area contributed by atoms with Crippen LogP contribution in [0.3, 0.4) is 0 Å². The third-order valence-corrected chi connectivity index (χ3v) is 3.81. The molecule has 0 bridgehead atoms. The van der Waals surface area contributed by atoms with E-state index in [-0.39, 0.29) is 35.7 Å². The maximum atomic E-state index is 12.4. The number of ether oxygens (including phenoxy) is 1. The third kappa shape index (κ3) is 3.58. The third-order valence-electron chi connectivity index (χ3n) is 3.81. The number of aromatic hydroxyl groups is 1. The van der Waals surface area contributed by atoms with Gasteiger partial charge < -0.3 is 15.1 Å². The minimum absolute atomic E-state index is 0.0284. The summed E-state index contributed by atoms with van der Waals surface area (Å²) in [5.41, 5.74) is 3.31. The molecule has 3 N–H and O–H groups in total. The highest BCUT2D eigenvalue weighted by molar-refractivity contribution is 5.95. The van der Waals surface area contributed by atoms with Crippen LogP contribution in [0.15, 0.2) is 30.5 Å². The molecule has 0 saturated carbocycles. The molecule has 0 radical (unpaired) electrons. The molecule has 24 heavy (non-hydrogen) atoms. The Kier molecular flexibility index (Phi) is 5.62. The van der Waals surface area contributed by atoms with E-state index in [1.165, 1.54) is 10.8 Å². The highest BCUT2D eigenvalue weighted by Crippen LogP contribution is 2.22. The van der Waals surface area contributed by atoms with Gasteiger partial charge in [-0.2, -0.15) is 4.57 Å². The van der Waals surface area contributed by atoms with Gasteiger partial charge in [-0.25, -0.2) is 5.48 Å². The lowest BCUT2D eigenvalue weighted by atomic mass is 10.1. The fourth-order valence-electron chi connectivity index (χ4n) is 2.39. The Hall–Kier alpha value is -2.77. The molecule has 126 valence electrons. The lowest BCUT2D eigenvalue weighted by Crippen LogP contribution is -2.41. The summed E-state index contributed by atoms with van der Waals surface area (Å²) in [5, 5.41) is 19.0. The van der Waals surface area contributed by atoms with Crippen LogP contribution in [0.25, 0.3) is 0 Å². The number of hydrogen-bond donors (Lipinski definition) is 3. The molecule has 2 aromatic rings. The summed E-state index contributed by atoms with van der Waals surface area (Å²) in [5.74, 6) is 0.343. The van der Waals surface area contributed by atoms with E-state index in [0.717, 1.165) is 0 Å². The number of methoxy groups -OCH3 is 1. The quantitative estimate of drug-likeness (QED) is 0.305. The van der Waals surface area contributed by atoms with Gasteiger partial charge in [-0.1, -0.05) is 0 Å². The van der Waals surface area contributed by atoms with Gasteiger partial charge in [0.25, 0.3) is 0 Å². The number of benzene rings is 1. The molecule has 0 amide bonds. The fraction of sp³-hybridized carbons (Fsp3) is 0.235. The van der Waals surface area contributed by atoms with Crippen LogP contribution in [0, 0.1) is 6.92 Å². The molecule has 0 aliphatic rings. The fourth-order valence-corrected chi connectivity index (χ4v) is 2.39. The highest BCUT2D eigenvalue weighted by atomic mass is 16.5. The van der Waals surface area contributed by atoms with Crippen molar-refractivity contribution in [3.8, 4) is 11.5 Å². The minimum atomic E-state index is -0.171. The van der Waals surface area contributed by atoms with E-state index in [4.69, 9.17) is 9.94 Å². The van der Waals surface area contributed by atoms with Crippen LogP contribution in [0.5, 0.6) is 11.5 Å². The number of rotatable bonds is 7. The van der Waals surface area contributed by atoms with Crippen molar-refractivity contribution in [2.75, 3.05) is 7.11 Å². The zero-order valence-corrected chi connectivity index (χ0v) is 13.4. The van der Waals surface area contributed by atoms with Gasteiger partial charge in [0.05, 0.1) is 19.2 Å². The van der Waals surface area contributed by atoms with Gasteiger partial charge in [0.15, 0.2) is 18.2 Å². The Bertz CT molecular complexity index is 757. The number of aldehydes is 1. The van der Waals surface area contributed by atoms with E-state index in [1.54, 1.807) is 38.3 Å². The molecule has 0 aliphatic heterocycles. The van der Waals surface area contributed by atoms with Gasteiger partial charge in [0.1, 0.15) is 5.75 Å². The summed E-state index contributed by atoms with van der Waals surface area (Å²) in [6.45, 7) is 1.53. The Labute approximate surface area is 139 Å². The molecule has 1 heterocycles. The molecule has 7 nitrogen and oxygen atoms in total. The van der Waals surface area contributed by atoms with Crippen molar-refractivity contribution in [1.29, 1.82) is 0 Å². The Morgan fingerprint density at radius 1 is 1.33 bits per heavy atom. The summed E-state index contributed by atoms with van der Waals surface area (Å²) < 4.78 is 6.56. The second-order valence-electron chi connectivity index (χ2n) is 5.23. The first-order valence-corrected chi connectivity index (χ1v) is 7.26. The van der Waals surface area contributed by atoms with Crippen molar-refractivity contribution >= 4 is 12.1 Å². The summed E-state index contributed by atoms with van der Waals surface area (Å²) >= 11 is 0. The topological polar surface area (TPSA) is 99.7 Å². The van der Waals surface area contributed by atoms with Crippen LogP contribution in [-0.2, 0) is 13.1 Å². The van der Waals surface area contributed by atoms with Crippen LogP contribution in [0.2, 0.25) is 0 Å². The van der Waals surface area contributed by atoms with E-state index in [2.05, 4.69) is 0 Å². The van der Waals surface area contributed by atoms with Gasteiger partial charge in [-0.05, 0) is 24.3 Å². The van der Waals surface area contributed by atoms with Crippen molar-refractivity contribution in [2.24, 2.45) is 0 Å². The molecule has 0 atom stereocenters. The van der Waals surface area contributed by atoms with E-state index in [0.29, 0.717) is 23.3 Å². The number of nitrogens with zero attached hydrogens (tertiary/aromatic N) is 1. The van der Waals surface area contributed by atoms with Crippen LogP contribution in [0.1, 0.15) is 32.0 Å². The first-order valence-electron chi connectivity index (χ1n) is 7.26. The number of carbonyl (C=O) groups is 2. The number of hydrogen-bond acceptors (Lipinski definition) is 6. The first kappa shape index (κ1) is 17.6. The lowest BCUT2D eigenvalue weighted by Gasteiger charge is -2.09. The average Bonchev–Trinajstić information content (AvgIpc) is 2.61. The number of nitrogens with one attached hydrogen (secondary N) is 1. The summed E-state index contributed by atoms with van der Waals surface area (Å²) in [6, 6.07) is 6.69. The van der Waals surface area contributed by atoms with Gasteiger partial charge in [0, 0.05) is 18.1 Å². The van der Waals surface area contributed by atoms with Crippen molar-refractivity contribution in [2.45, 2.75) is 20.0 Å². The standard InChI is InChI=1S/C17H18N2O5/c1-11-17(22)15(7-18-23)13(10-20)8-19(11)9-16(21)12-3-5-14(24-2)6-4-12/h3-6,8,10,18,23H,7,9H2,1-2H3/p+1. The minimum Gasteiger partial charge on any atom is -0.502 e. The molecular weight excluding hydrogens is 312 g/mol. The lowest BCUT2D eigenvalue weighted by molar-refractivity contribution is -0.689. The molecule has 2 rings (SSSR count). The Morgan fingerprint density at radius 3 is 2.54 bits per heavy atom. The first-order chi connectivity index (χ1) is 11.5. The zero-order chi connectivity index (χ0) is 17.7. The maximum Gasteiger partial charge on any atom is 0.227 e. The molecule has 0 unspecified atom stereocenters. The van der Waals surface area contributed by atoms with E-state index >= 15 is 0 Å². The molecule has 0 saturated heterocycles. The van der Waals surface area contributed by atoms with E-state index in [9.17, 15) is 14.7 Å². The van der Waals surface area contributed by atoms with Crippen molar-refractivity contribution in [1.82, 2.24) is 5.48 Å². The van der Waals surface area contributed by atoms with Crippen LogP contribution in [-0.4, -0.2) is 29.5 Å². The largest absolute Gasteiger partial charge is 0.502 e. The molecule has 7 heteroatoms. The zero-order valence-electron chi connectivity index (χ0n) is 13.4. The van der Waals surface area contributed by atoms with Crippen LogP contribution in [0.4, 0.5) is 0 Å². The summed E-state index contributed by atoms with van der Waals surface area (Å²) in [6.07, 6.45) is 2.05. The molecule has 1 aromatic carbocycles. The van der Waals surface area contributed by atoms with Gasteiger partial charge in [-0.3, -0.25) is 9.59 Å².